The van der Waals surface area contributed by atoms with Crippen LogP contribution < -0.4 is 10.5 Å². The highest BCUT2D eigenvalue weighted by Crippen LogP contribution is 2.31. The summed E-state index contributed by atoms with van der Waals surface area (Å²) >= 11 is 0. The second-order valence-electron chi connectivity index (χ2n) is 4.23. The Morgan fingerprint density at radius 1 is 1.41 bits per heavy atom. The van der Waals surface area contributed by atoms with Gasteiger partial charge in [-0.1, -0.05) is 12.1 Å². The molecule has 0 aliphatic carbocycles. The minimum absolute atomic E-state index is 0.188. The lowest BCUT2D eigenvalue weighted by atomic mass is 10.1. The molecule has 1 aliphatic heterocycles. The summed E-state index contributed by atoms with van der Waals surface area (Å²) in [4.78, 5) is 11.1. The lowest BCUT2D eigenvalue weighted by molar-refractivity contribution is 0.0996. The number of amides is 1. The number of hydrogen-bond acceptors (Lipinski definition) is 4. The Labute approximate surface area is 99.7 Å². The van der Waals surface area contributed by atoms with Crippen LogP contribution in [0, 0.1) is 0 Å². The van der Waals surface area contributed by atoms with Crippen molar-refractivity contribution in [2.24, 2.45) is 16.0 Å². The van der Waals surface area contributed by atoms with Crippen molar-refractivity contribution in [2.45, 2.75) is 25.4 Å². The molecule has 0 aromatic heterocycles. The number of carbonyl (C=O) groups is 1. The van der Waals surface area contributed by atoms with Gasteiger partial charge in [-0.2, -0.15) is 10.2 Å². The molecule has 17 heavy (non-hydrogen) atoms. The predicted molar refractivity (Wildman–Crippen MR) is 62.9 cm³/mol. The molecular formula is C12H15N3O2. The number of carbonyl (C=O) groups excluding carboxylic acids is 1. The first kappa shape index (κ1) is 11.6. The number of benzene rings is 1. The smallest absolute Gasteiger partial charge is 0.252 e. The van der Waals surface area contributed by atoms with E-state index in [2.05, 4.69) is 10.2 Å². The first-order valence-corrected chi connectivity index (χ1v) is 5.56. The van der Waals surface area contributed by atoms with E-state index >= 15 is 0 Å². The quantitative estimate of drug-likeness (QED) is 0.764. The lowest BCUT2D eigenvalue weighted by Gasteiger charge is -2.09. The fraction of sp³-hybridized carbons (Fsp3) is 0.417. The molecule has 1 amide bonds. The van der Waals surface area contributed by atoms with Gasteiger partial charge in [0.25, 0.3) is 5.91 Å². The third-order valence-electron chi connectivity index (χ3n) is 2.65. The summed E-state index contributed by atoms with van der Waals surface area (Å²) in [6, 6.07) is 6.98. The molecule has 0 saturated heterocycles. The van der Waals surface area contributed by atoms with Crippen LogP contribution in [0.25, 0.3) is 0 Å². The first-order valence-electron chi connectivity index (χ1n) is 5.56. The maximum absolute atomic E-state index is 11.1. The number of nitrogens with two attached hydrogens (primary N) is 1. The van der Waals surface area contributed by atoms with Crippen molar-refractivity contribution < 1.29 is 9.53 Å². The van der Waals surface area contributed by atoms with Crippen LogP contribution in [0.2, 0.25) is 0 Å². The average Bonchev–Trinajstić information content (AvgIpc) is 3.04. The van der Waals surface area contributed by atoms with Gasteiger partial charge < -0.3 is 10.5 Å². The van der Waals surface area contributed by atoms with Crippen molar-refractivity contribution in [3.05, 3.63) is 29.8 Å². The Balaban J connectivity index is 1.83. The van der Waals surface area contributed by atoms with Gasteiger partial charge in [-0.25, -0.2) is 0 Å². The molecule has 1 aromatic carbocycles. The maximum Gasteiger partial charge on any atom is 0.252 e. The van der Waals surface area contributed by atoms with Crippen LogP contribution in [0.4, 0.5) is 0 Å². The fourth-order valence-corrected chi connectivity index (χ4v) is 1.57. The number of rotatable bonds is 6. The molecule has 1 aliphatic rings. The maximum atomic E-state index is 11.1. The summed E-state index contributed by atoms with van der Waals surface area (Å²) in [7, 11) is 0. The molecule has 90 valence electrons. The van der Waals surface area contributed by atoms with Crippen LogP contribution in [-0.4, -0.2) is 18.2 Å². The monoisotopic (exact) mass is 233 g/mol. The van der Waals surface area contributed by atoms with Crippen molar-refractivity contribution in [3.8, 4) is 5.75 Å². The van der Waals surface area contributed by atoms with E-state index in [9.17, 15) is 4.79 Å². The van der Waals surface area contributed by atoms with Gasteiger partial charge in [0.15, 0.2) is 5.66 Å². The van der Waals surface area contributed by atoms with Crippen molar-refractivity contribution in [1.82, 2.24) is 0 Å². The van der Waals surface area contributed by atoms with Crippen molar-refractivity contribution in [1.29, 1.82) is 0 Å². The topological polar surface area (TPSA) is 77.0 Å². The highest BCUT2D eigenvalue weighted by molar-refractivity contribution is 5.95. The van der Waals surface area contributed by atoms with Crippen molar-refractivity contribution in [3.63, 3.8) is 0 Å². The van der Waals surface area contributed by atoms with E-state index in [1.54, 1.807) is 18.2 Å². The molecule has 0 unspecified atom stereocenters. The van der Waals surface area contributed by atoms with E-state index in [4.69, 9.17) is 10.5 Å². The molecule has 0 spiro atoms. The summed E-state index contributed by atoms with van der Waals surface area (Å²) in [5.41, 5.74) is 5.48. The SMILES string of the molecule is CC1(CCCOc2ccccc2C(N)=O)N=N1. The van der Waals surface area contributed by atoms with Crippen molar-refractivity contribution in [2.75, 3.05) is 6.61 Å². The summed E-state index contributed by atoms with van der Waals surface area (Å²) in [5.74, 6) is 0.0644. The number of hydrogen-bond donors (Lipinski definition) is 1. The number of nitrogens with zero attached hydrogens (tertiary/aromatic N) is 2. The van der Waals surface area contributed by atoms with Gasteiger partial charge in [0, 0.05) is 0 Å². The van der Waals surface area contributed by atoms with E-state index < -0.39 is 5.91 Å². The minimum atomic E-state index is -0.472. The standard InChI is InChI=1S/C12H15N3O2/c1-12(14-15-12)7-4-8-17-10-6-3-2-5-9(10)11(13)16/h2-3,5-6H,4,7-8H2,1H3,(H2,13,16). The molecule has 1 aromatic rings. The van der Waals surface area contributed by atoms with Gasteiger partial charge in [0.2, 0.25) is 0 Å². The molecule has 0 radical (unpaired) electrons. The van der Waals surface area contributed by atoms with Crippen molar-refractivity contribution >= 4 is 5.91 Å². The van der Waals surface area contributed by atoms with E-state index in [0.717, 1.165) is 12.8 Å². The molecule has 5 nitrogen and oxygen atoms in total. The molecule has 5 heteroatoms. The van der Waals surface area contributed by atoms with Gasteiger partial charge >= 0.3 is 0 Å². The largest absolute Gasteiger partial charge is 0.493 e. The Bertz CT molecular complexity index is 451. The minimum Gasteiger partial charge on any atom is -0.493 e. The molecule has 2 N–H and O–H groups in total. The van der Waals surface area contributed by atoms with E-state index in [1.165, 1.54) is 0 Å². The summed E-state index contributed by atoms with van der Waals surface area (Å²) in [6.45, 7) is 2.51. The van der Waals surface area contributed by atoms with Crippen LogP contribution in [0.5, 0.6) is 5.75 Å². The Kier molecular flexibility index (Phi) is 3.08. The highest BCUT2D eigenvalue weighted by atomic mass is 16.5. The summed E-state index contributed by atoms with van der Waals surface area (Å²) in [5, 5.41) is 7.84. The molecule has 2 rings (SSSR count). The van der Waals surface area contributed by atoms with Crippen LogP contribution in [0.1, 0.15) is 30.1 Å². The molecule has 0 bridgehead atoms. The van der Waals surface area contributed by atoms with E-state index in [1.807, 2.05) is 13.0 Å². The Morgan fingerprint density at radius 2 is 2.12 bits per heavy atom. The van der Waals surface area contributed by atoms with Crippen LogP contribution in [0.3, 0.4) is 0 Å². The molecular weight excluding hydrogens is 218 g/mol. The van der Waals surface area contributed by atoms with Gasteiger partial charge in [-0.05, 0) is 31.9 Å². The van der Waals surface area contributed by atoms with Crippen LogP contribution in [0.15, 0.2) is 34.5 Å². The second-order valence-corrected chi connectivity index (χ2v) is 4.23. The first-order chi connectivity index (χ1) is 8.11. The molecule has 0 fully saturated rings. The van der Waals surface area contributed by atoms with Crippen LogP contribution >= 0.6 is 0 Å². The number of primary amides is 1. The van der Waals surface area contributed by atoms with E-state index in [0.29, 0.717) is 17.9 Å². The second kappa shape index (κ2) is 4.53. The highest BCUT2D eigenvalue weighted by Gasteiger charge is 2.32. The third-order valence-corrected chi connectivity index (χ3v) is 2.65. The van der Waals surface area contributed by atoms with E-state index in [-0.39, 0.29) is 5.66 Å². The van der Waals surface area contributed by atoms with Gasteiger partial charge in [0.05, 0.1) is 12.2 Å². The predicted octanol–water partition coefficient (Wildman–Crippen LogP) is 2.13. The lowest BCUT2D eigenvalue weighted by Crippen LogP contribution is -2.14. The average molecular weight is 233 g/mol. The number of para-hydroxylation sites is 1. The summed E-state index contributed by atoms with van der Waals surface area (Å²) < 4.78 is 5.54. The van der Waals surface area contributed by atoms with Crippen LogP contribution in [-0.2, 0) is 0 Å². The Morgan fingerprint density at radius 3 is 2.76 bits per heavy atom. The summed E-state index contributed by atoms with van der Waals surface area (Å²) in [6.07, 6.45) is 1.71. The Hall–Kier alpha value is -1.91. The fourth-order valence-electron chi connectivity index (χ4n) is 1.57. The zero-order valence-electron chi connectivity index (χ0n) is 9.72. The van der Waals surface area contributed by atoms with Gasteiger partial charge in [0.1, 0.15) is 5.75 Å². The van der Waals surface area contributed by atoms with Gasteiger partial charge in [-0.3, -0.25) is 4.79 Å². The third kappa shape index (κ3) is 3.03. The number of ether oxygens (including phenoxy) is 1. The molecule has 0 saturated carbocycles. The molecule has 1 heterocycles. The zero-order chi connectivity index (χ0) is 12.3. The molecule has 0 atom stereocenters. The zero-order valence-corrected chi connectivity index (χ0v) is 9.72. The van der Waals surface area contributed by atoms with Gasteiger partial charge in [-0.15, -0.1) is 0 Å². The normalized spacial score (nSPS) is 15.6.